The number of aromatic nitrogens is 7. The van der Waals surface area contributed by atoms with Crippen LogP contribution in [0.15, 0.2) is 97.5 Å². The molecule has 6 aromatic rings. The Balaban J connectivity index is 0.933. The standard InChI is InChI=1S/C47H55N11O4/c1-5-58(6-2,7-3)42(35-13-9-8-10-14-35)46(60)57-26-12-16-41(57)44-49-30-39(52-44)34-23-19-32(20-24-34)31-17-21-33(22-18-31)38-29-48-43(51-38)40-15-11-25-56(40)45(59)37(53-47(61)62-4)27-36-28-50-55-54-36/h8-10,13-14,17-24,28-30,37,40-42H,5-7,11-12,15-16,25-27H2,1-4H3,(H3-,48,49,50,51,52,53,54,55,61)/p+1/t37-,40-,41-,42+/m0/s1. The molecule has 8 rings (SSSR count). The Labute approximate surface area is 361 Å². The first-order valence-electron chi connectivity index (χ1n) is 21.8. The molecule has 322 valence electrons. The third-order valence-electron chi connectivity index (χ3n) is 13.1. The molecule has 0 radical (unpaired) electrons. The fourth-order valence-corrected chi connectivity index (χ4v) is 9.46. The van der Waals surface area contributed by atoms with Gasteiger partial charge in [0.05, 0.1) is 74.5 Å². The van der Waals surface area contributed by atoms with Crippen LogP contribution in [-0.2, 0) is 20.7 Å². The summed E-state index contributed by atoms with van der Waals surface area (Å²) in [6.07, 6.45) is 8.07. The molecule has 3 amide bonds. The van der Waals surface area contributed by atoms with Crippen molar-refractivity contribution in [2.45, 2.75) is 77.0 Å². The van der Waals surface area contributed by atoms with Crippen LogP contribution in [-0.4, -0.2) is 113 Å². The topological polar surface area (TPSA) is 178 Å². The normalized spacial score (nSPS) is 17.5. The van der Waals surface area contributed by atoms with Crippen molar-refractivity contribution in [1.82, 2.24) is 50.5 Å². The Kier molecular flexibility index (Phi) is 12.6. The summed E-state index contributed by atoms with van der Waals surface area (Å²) in [6, 6.07) is 25.5. The number of nitrogens with one attached hydrogen (secondary N) is 4. The molecule has 4 atom stereocenters. The van der Waals surface area contributed by atoms with Crippen molar-refractivity contribution in [3.63, 3.8) is 0 Å². The predicted molar refractivity (Wildman–Crippen MR) is 235 cm³/mol. The number of hydrogen-bond acceptors (Lipinski definition) is 8. The second-order valence-electron chi connectivity index (χ2n) is 16.2. The molecule has 0 aliphatic carbocycles. The number of quaternary nitrogens is 1. The summed E-state index contributed by atoms with van der Waals surface area (Å²) >= 11 is 0. The summed E-state index contributed by atoms with van der Waals surface area (Å²) in [5, 5.41) is 13.1. The number of likely N-dealkylation sites (N-methyl/N-ethyl adjacent to an activating group) is 1. The van der Waals surface area contributed by atoms with Gasteiger partial charge in [0.15, 0.2) is 6.04 Å². The van der Waals surface area contributed by atoms with Crippen LogP contribution in [0.5, 0.6) is 0 Å². The van der Waals surface area contributed by atoms with Gasteiger partial charge in [0.1, 0.15) is 17.7 Å². The molecule has 2 aliphatic heterocycles. The summed E-state index contributed by atoms with van der Waals surface area (Å²) in [4.78, 5) is 61.0. The average molecular weight is 839 g/mol. The zero-order valence-electron chi connectivity index (χ0n) is 35.9. The third kappa shape index (κ3) is 8.49. The lowest BCUT2D eigenvalue weighted by Gasteiger charge is -2.44. The van der Waals surface area contributed by atoms with Crippen LogP contribution in [0.25, 0.3) is 33.6 Å². The van der Waals surface area contributed by atoms with Crippen molar-refractivity contribution < 1.29 is 23.6 Å². The van der Waals surface area contributed by atoms with Crippen molar-refractivity contribution in [2.24, 2.45) is 0 Å². The van der Waals surface area contributed by atoms with Crippen LogP contribution in [0.2, 0.25) is 0 Å². The summed E-state index contributed by atoms with van der Waals surface area (Å²) < 4.78 is 5.51. The molecule has 15 nitrogen and oxygen atoms in total. The molecule has 15 heteroatoms. The van der Waals surface area contributed by atoms with Gasteiger partial charge in [0.25, 0.3) is 5.91 Å². The fourth-order valence-electron chi connectivity index (χ4n) is 9.46. The van der Waals surface area contributed by atoms with Crippen molar-refractivity contribution >= 4 is 17.9 Å². The molecule has 0 saturated carbocycles. The SMILES string of the molecule is CC[N+](CC)(CC)[C@@H](C(=O)N1CCC[C@H]1c1ncc(-c2ccc(-c3ccc(-c4cnc([C@@H]5CCCN5C(=O)[C@H](Cc5cn[nH]n5)NC(=O)OC)[nH]4)cc3)cc2)[nH]1)c1ccccc1. The number of amides is 3. The van der Waals surface area contributed by atoms with Gasteiger partial charge >= 0.3 is 6.09 Å². The third-order valence-corrected chi connectivity index (χ3v) is 13.1. The molecule has 5 heterocycles. The van der Waals surface area contributed by atoms with E-state index < -0.39 is 12.1 Å². The average Bonchev–Trinajstić information content (AvgIpc) is 4.18. The van der Waals surface area contributed by atoms with E-state index in [1.165, 1.54) is 13.3 Å². The van der Waals surface area contributed by atoms with Crippen molar-refractivity contribution in [1.29, 1.82) is 0 Å². The van der Waals surface area contributed by atoms with E-state index in [-0.39, 0.29) is 36.4 Å². The van der Waals surface area contributed by atoms with Gasteiger partial charge < -0.3 is 34.3 Å². The maximum Gasteiger partial charge on any atom is 0.407 e. The highest BCUT2D eigenvalue weighted by molar-refractivity contribution is 5.86. The number of imidazole rings is 2. The minimum absolute atomic E-state index is 0.100. The minimum Gasteiger partial charge on any atom is -0.453 e. The van der Waals surface area contributed by atoms with E-state index in [1.807, 2.05) is 24.4 Å². The molecular formula is C47H56N11O4+. The van der Waals surface area contributed by atoms with Gasteiger partial charge in [0.2, 0.25) is 5.91 Å². The van der Waals surface area contributed by atoms with E-state index >= 15 is 0 Å². The number of ether oxygens (including phenoxy) is 1. The van der Waals surface area contributed by atoms with E-state index in [2.05, 4.69) is 117 Å². The lowest BCUT2D eigenvalue weighted by atomic mass is 9.99. The second-order valence-corrected chi connectivity index (χ2v) is 16.2. The van der Waals surface area contributed by atoms with Gasteiger partial charge in [-0.15, -0.1) is 0 Å². The van der Waals surface area contributed by atoms with Gasteiger partial charge in [-0.05, 0) is 68.7 Å². The van der Waals surface area contributed by atoms with Crippen LogP contribution in [0.4, 0.5) is 4.79 Å². The number of likely N-dealkylation sites (tertiary alicyclic amines) is 2. The molecule has 4 N–H and O–H groups in total. The number of benzene rings is 3. The van der Waals surface area contributed by atoms with E-state index in [4.69, 9.17) is 14.7 Å². The molecule has 3 aromatic carbocycles. The maximum atomic E-state index is 14.6. The lowest BCUT2D eigenvalue weighted by Crippen LogP contribution is -2.56. The van der Waals surface area contributed by atoms with Gasteiger partial charge in [-0.25, -0.2) is 14.8 Å². The number of alkyl carbamates (subject to hydrolysis) is 1. The van der Waals surface area contributed by atoms with Gasteiger partial charge in [0, 0.05) is 25.1 Å². The minimum atomic E-state index is -0.869. The largest absolute Gasteiger partial charge is 0.453 e. The summed E-state index contributed by atoms with van der Waals surface area (Å²) in [7, 11) is 1.27. The Morgan fingerprint density at radius 2 is 1.24 bits per heavy atom. The molecule has 2 saturated heterocycles. The zero-order valence-corrected chi connectivity index (χ0v) is 35.9. The summed E-state index contributed by atoms with van der Waals surface area (Å²) in [5.74, 6) is 1.47. The Bertz CT molecular complexity index is 2420. The lowest BCUT2D eigenvalue weighted by molar-refractivity contribution is -0.944. The van der Waals surface area contributed by atoms with Crippen LogP contribution in [0, 0.1) is 0 Å². The smallest absolute Gasteiger partial charge is 0.407 e. The molecule has 0 unspecified atom stereocenters. The van der Waals surface area contributed by atoms with Crippen LogP contribution in [0.1, 0.15) is 87.5 Å². The van der Waals surface area contributed by atoms with Crippen molar-refractivity contribution in [3.05, 3.63) is 120 Å². The van der Waals surface area contributed by atoms with Gasteiger partial charge in [-0.3, -0.25) is 9.59 Å². The first-order chi connectivity index (χ1) is 30.2. The Morgan fingerprint density at radius 3 is 1.73 bits per heavy atom. The van der Waals surface area contributed by atoms with Gasteiger partial charge in [-0.2, -0.15) is 15.4 Å². The van der Waals surface area contributed by atoms with E-state index in [1.54, 1.807) is 11.1 Å². The van der Waals surface area contributed by atoms with Crippen LogP contribution >= 0.6 is 0 Å². The summed E-state index contributed by atoms with van der Waals surface area (Å²) in [6.45, 7) is 10.5. The number of H-pyrrole nitrogens is 3. The first-order valence-corrected chi connectivity index (χ1v) is 21.8. The number of carbonyl (C=O) groups is 3. The highest BCUT2D eigenvalue weighted by Crippen LogP contribution is 2.39. The highest BCUT2D eigenvalue weighted by Gasteiger charge is 2.45. The van der Waals surface area contributed by atoms with Crippen molar-refractivity contribution in [2.75, 3.05) is 39.8 Å². The maximum absolute atomic E-state index is 14.6. The molecule has 0 spiro atoms. The van der Waals surface area contributed by atoms with E-state index in [9.17, 15) is 14.4 Å². The molecule has 0 bridgehead atoms. The predicted octanol–water partition coefficient (Wildman–Crippen LogP) is 7.16. The molecule has 2 fully saturated rings. The number of hydrogen-bond donors (Lipinski definition) is 4. The van der Waals surface area contributed by atoms with Gasteiger partial charge in [-0.1, -0.05) is 78.9 Å². The number of aromatic amines is 3. The Hall–Kier alpha value is -6.61. The highest BCUT2D eigenvalue weighted by atomic mass is 16.5. The molecule has 3 aromatic heterocycles. The molecule has 2 aliphatic rings. The quantitative estimate of drug-likeness (QED) is 0.0787. The first kappa shape index (κ1) is 42.1. The van der Waals surface area contributed by atoms with Crippen LogP contribution < -0.4 is 5.32 Å². The second kappa shape index (κ2) is 18.6. The Morgan fingerprint density at radius 1 is 0.726 bits per heavy atom. The van der Waals surface area contributed by atoms with E-state index in [0.29, 0.717) is 22.5 Å². The number of nitrogens with zero attached hydrogens (tertiary/aromatic N) is 7. The van der Waals surface area contributed by atoms with E-state index in [0.717, 1.165) is 96.9 Å². The monoisotopic (exact) mass is 838 g/mol. The zero-order chi connectivity index (χ0) is 43.2. The van der Waals surface area contributed by atoms with Crippen LogP contribution in [0.3, 0.4) is 0 Å². The number of methoxy groups -OCH3 is 1. The summed E-state index contributed by atoms with van der Waals surface area (Å²) in [5.41, 5.74) is 7.54. The molecule has 62 heavy (non-hydrogen) atoms. The van der Waals surface area contributed by atoms with Crippen molar-refractivity contribution in [3.8, 4) is 33.6 Å². The number of rotatable bonds is 15. The fraction of sp³-hybridized carbons (Fsp3) is 0.383. The number of carbonyl (C=O) groups excluding carboxylic acids is 3. The molecular weight excluding hydrogens is 783 g/mol.